The molecule has 2 heterocycles. The van der Waals surface area contributed by atoms with Gasteiger partial charge in [0.15, 0.2) is 23.0 Å². The Morgan fingerprint density at radius 1 is 0.886 bits per heavy atom. The number of hydrogen-bond donors (Lipinski definition) is 1. The maximum atomic E-state index is 6.06. The minimum Gasteiger partial charge on any atom is -0.493 e. The van der Waals surface area contributed by atoms with Gasteiger partial charge in [0.25, 0.3) is 0 Å². The Morgan fingerprint density at radius 2 is 1.60 bits per heavy atom. The molecule has 0 amide bonds. The molecule has 4 rings (SSSR count). The number of rotatable bonds is 11. The van der Waals surface area contributed by atoms with Gasteiger partial charge in [-0.3, -0.25) is 5.10 Å². The van der Waals surface area contributed by atoms with Crippen LogP contribution in [0.3, 0.4) is 0 Å². The number of benzene rings is 2. The lowest BCUT2D eigenvalue weighted by atomic mass is 9.98. The summed E-state index contributed by atoms with van der Waals surface area (Å²) in [5.41, 5.74) is 3.09. The molecule has 3 aromatic rings. The van der Waals surface area contributed by atoms with Gasteiger partial charge in [0.2, 0.25) is 5.88 Å². The summed E-state index contributed by atoms with van der Waals surface area (Å²) in [6.45, 7) is 3.82. The van der Waals surface area contributed by atoms with Gasteiger partial charge in [-0.15, -0.1) is 5.10 Å². The molecule has 0 spiro atoms. The fourth-order valence-electron chi connectivity index (χ4n) is 4.55. The SMILES string of the molecule is COc1ccc(CCN2CCCC(COc3cc(-c4ccc(OC)c(OC)c4)[nH]n3)C2)cc1OC. The van der Waals surface area contributed by atoms with Gasteiger partial charge in [0, 0.05) is 30.6 Å². The number of likely N-dealkylation sites (tertiary alicyclic amines) is 1. The Kier molecular flexibility index (Phi) is 8.36. The zero-order valence-electron chi connectivity index (χ0n) is 21.0. The molecule has 35 heavy (non-hydrogen) atoms. The fraction of sp³-hybridized carbons (Fsp3) is 0.444. The average molecular weight is 482 g/mol. The average Bonchev–Trinajstić information content (AvgIpc) is 3.39. The molecule has 0 aliphatic carbocycles. The van der Waals surface area contributed by atoms with Crippen LogP contribution in [0.15, 0.2) is 42.5 Å². The number of methoxy groups -OCH3 is 4. The number of H-pyrrole nitrogens is 1. The minimum atomic E-state index is 0.482. The lowest BCUT2D eigenvalue weighted by molar-refractivity contribution is 0.129. The van der Waals surface area contributed by atoms with E-state index in [4.69, 9.17) is 23.7 Å². The second kappa shape index (κ2) is 11.8. The van der Waals surface area contributed by atoms with Gasteiger partial charge < -0.3 is 28.6 Å². The number of nitrogens with zero attached hydrogens (tertiary/aromatic N) is 2. The Hall–Kier alpha value is -3.39. The van der Waals surface area contributed by atoms with E-state index >= 15 is 0 Å². The summed E-state index contributed by atoms with van der Waals surface area (Å²) in [5, 5.41) is 7.41. The molecule has 1 aliphatic heterocycles. The highest BCUT2D eigenvalue weighted by Crippen LogP contribution is 2.32. The van der Waals surface area contributed by atoms with Crippen molar-refractivity contribution in [1.82, 2.24) is 15.1 Å². The number of aromatic amines is 1. The van der Waals surface area contributed by atoms with E-state index in [0.717, 1.165) is 48.8 Å². The Balaban J connectivity index is 1.28. The van der Waals surface area contributed by atoms with Gasteiger partial charge in [-0.2, -0.15) is 0 Å². The van der Waals surface area contributed by atoms with Crippen LogP contribution >= 0.6 is 0 Å². The molecule has 1 saturated heterocycles. The highest BCUT2D eigenvalue weighted by atomic mass is 16.5. The van der Waals surface area contributed by atoms with E-state index < -0.39 is 0 Å². The monoisotopic (exact) mass is 481 g/mol. The zero-order chi connectivity index (χ0) is 24.6. The summed E-state index contributed by atoms with van der Waals surface area (Å²) in [4.78, 5) is 2.52. The number of piperidine rings is 1. The van der Waals surface area contributed by atoms with Crippen LogP contribution in [0, 0.1) is 5.92 Å². The minimum absolute atomic E-state index is 0.482. The first-order valence-corrected chi connectivity index (χ1v) is 12.0. The summed E-state index contributed by atoms with van der Waals surface area (Å²) >= 11 is 0. The molecule has 0 saturated carbocycles. The molecule has 1 fully saturated rings. The van der Waals surface area contributed by atoms with Crippen LogP contribution in [0.1, 0.15) is 18.4 Å². The van der Waals surface area contributed by atoms with E-state index in [0.29, 0.717) is 29.9 Å². The molecule has 8 heteroatoms. The van der Waals surface area contributed by atoms with Crippen molar-refractivity contribution < 1.29 is 23.7 Å². The van der Waals surface area contributed by atoms with E-state index in [9.17, 15) is 0 Å². The standard InChI is InChI=1S/C27H35N3O5/c1-31-23-9-7-19(14-25(23)33-3)11-13-30-12-5-6-20(17-30)18-35-27-16-22(28-29-27)21-8-10-24(32-2)26(15-21)34-4/h7-10,14-16,20H,5-6,11-13,17-18H2,1-4H3,(H,28,29). The maximum Gasteiger partial charge on any atom is 0.233 e. The molecule has 0 radical (unpaired) electrons. The molecule has 188 valence electrons. The van der Waals surface area contributed by atoms with Crippen LogP contribution in [0.25, 0.3) is 11.3 Å². The van der Waals surface area contributed by atoms with Crippen molar-refractivity contribution >= 4 is 0 Å². The molecule has 1 atom stereocenters. The Bertz CT molecular complexity index is 1100. The number of nitrogens with one attached hydrogen (secondary N) is 1. The van der Waals surface area contributed by atoms with Crippen molar-refractivity contribution in [3.8, 4) is 40.1 Å². The molecule has 1 aromatic heterocycles. The smallest absolute Gasteiger partial charge is 0.233 e. The normalized spacial score (nSPS) is 16.1. The van der Waals surface area contributed by atoms with E-state index in [1.807, 2.05) is 30.3 Å². The van der Waals surface area contributed by atoms with Crippen molar-refractivity contribution in [2.75, 3.05) is 54.7 Å². The summed E-state index contributed by atoms with van der Waals surface area (Å²) in [6, 6.07) is 13.9. The largest absolute Gasteiger partial charge is 0.493 e. The third-order valence-electron chi connectivity index (χ3n) is 6.48. The quantitative estimate of drug-likeness (QED) is 0.434. The highest BCUT2D eigenvalue weighted by molar-refractivity contribution is 5.64. The molecule has 1 aliphatic rings. The third-order valence-corrected chi connectivity index (χ3v) is 6.48. The van der Waals surface area contributed by atoms with Gasteiger partial charge in [0.1, 0.15) is 0 Å². The van der Waals surface area contributed by atoms with Gasteiger partial charge in [-0.1, -0.05) is 6.07 Å². The van der Waals surface area contributed by atoms with Crippen LogP contribution in [-0.4, -0.2) is 69.8 Å². The summed E-state index contributed by atoms with van der Waals surface area (Å²) in [6.07, 6.45) is 3.32. The predicted molar refractivity (Wildman–Crippen MR) is 135 cm³/mol. The molecule has 8 nitrogen and oxygen atoms in total. The van der Waals surface area contributed by atoms with Crippen molar-refractivity contribution in [2.24, 2.45) is 5.92 Å². The molecule has 1 unspecified atom stereocenters. The molecular formula is C27H35N3O5. The van der Waals surface area contributed by atoms with E-state index in [1.165, 1.54) is 18.4 Å². The van der Waals surface area contributed by atoms with Crippen LogP contribution in [0.5, 0.6) is 28.9 Å². The summed E-state index contributed by atoms with van der Waals surface area (Å²) in [5.74, 6) is 4.01. The molecule has 2 aromatic carbocycles. The van der Waals surface area contributed by atoms with Crippen molar-refractivity contribution in [3.05, 3.63) is 48.0 Å². The van der Waals surface area contributed by atoms with Gasteiger partial charge in [-0.05, 0) is 61.7 Å². The van der Waals surface area contributed by atoms with Crippen molar-refractivity contribution in [3.63, 3.8) is 0 Å². The summed E-state index contributed by atoms with van der Waals surface area (Å²) in [7, 11) is 6.59. The van der Waals surface area contributed by atoms with Gasteiger partial charge >= 0.3 is 0 Å². The van der Waals surface area contributed by atoms with Crippen LogP contribution in [0.4, 0.5) is 0 Å². The van der Waals surface area contributed by atoms with Gasteiger partial charge in [-0.25, -0.2) is 0 Å². The molecular weight excluding hydrogens is 446 g/mol. The first-order chi connectivity index (χ1) is 17.1. The van der Waals surface area contributed by atoms with Gasteiger partial charge in [0.05, 0.1) is 40.7 Å². The Morgan fingerprint density at radius 3 is 2.34 bits per heavy atom. The van der Waals surface area contributed by atoms with Crippen LogP contribution in [-0.2, 0) is 6.42 Å². The van der Waals surface area contributed by atoms with Crippen molar-refractivity contribution in [2.45, 2.75) is 19.3 Å². The van der Waals surface area contributed by atoms with E-state index in [1.54, 1.807) is 28.4 Å². The Labute approximate surface area is 207 Å². The van der Waals surface area contributed by atoms with Crippen molar-refractivity contribution in [1.29, 1.82) is 0 Å². The maximum absolute atomic E-state index is 6.06. The molecule has 1 N–H and O–H groups in total. The molecule has 0 bridgehead atoms. The first kappa shape index (κ1) is 24.7. The van der Waals surface area contributed by atoms with Crippen LogP contribution in [0.2, 0.25) is 0 Å². The zero-order valence-corrected chi connectivity index (χ0v) is 21.0. The lowest BCUT2D eigenvalue weighted by Crippen LogP contribution is -2.38. The highest BCUT2D eigenvalue weighted by Gasteiger charge is 2.21. The number of hydrogen-bond acceptors (Lipinski definition) is 7. The number of ether oxygens (including phenoxy) is 5. The third kappa shape index (κ3) is 6.19. The topological polar surface area (TPSA) is 78.1 Å². The predicted octanol–water partition coefficient (Wildman–Crippen LogP) is 4.44. The van der Waals surface area contributed by atoms with E-state index in [-0.39, 0.29) is 0 Å². The fourth-order valence-corrected chi connectivity index (χ4v) is 4.55. The lowest BCUT2D eigenvalue weighted by Gasteiger charge is -2.32. The van der Waals surface area contributed by atoms with E-state index in [2.05, 4.69) is 27.2 Å². The first-order valence-electron chi connectivity index (χ1n) is 12.0. The second-order valence-corrected chi connectivity index (χ2v) is 8.75. The second-order valence-electron chi connectivity index (χ2n) is 8.75. The number of aromatic nitrogens is 2. The summed E-state index contributed by atoms with van der Waals surface area (Å²) < 4.78 is 27.6. The van der Waals surface area contributed by atoms with Crippen LogP contribution < -0.4 is 23.7 Å².